The number of hydrogen-bond donors (Lipinski definition) is 2. The summed E-state index contributed by atoms with van der Waals surface area (Å²) < 4.78 is 3.95. The molecule has 0 unspecified atom stereocenters. The number of nitrogens with zero attached hydrogens (tertiary/aromatic N) is 4. The van der Waals surface area contributed by atoms with Crippen molar-refractivity contribution in [3.63, 3.8) is 0 Å². The zero-order valence-corrected chi connectivity index (χ0v) is 17.3. The van der Waals surface area contributed by atoms with Crippen LogP contribution in [0.25, 0.3) is 5.69 Å². The lowest BCUT2D eigenvalue weighted by molar-refractivity contribution is -0.120. The molecule has 0 aliphatic heterocycles. The van der Waals surface area contributed by atoms with Gasteiger partial charge in [0.2, 0.25) is 5.91 Å². The van der Waals surface area contributed by atoms with Crippen molar-refractivity contribution < 1.29 is 4.79 Å². The van der Waals surface area contributed by atoms with Gasteiger partial charge in [-0.15, -0.1) is 0 Å². The maximum atomic E-state index is 12.4. The average molecular weight is 425 g/mol. The Morgan fingerprint density at radius 3 is 2.70 bits per heavy atom. The Hall–Kier alpha value is -2.16. The fourth-order valence-corrected chi connectivity index (χ4v) is 3.40. The highest BCUT2D eigenvalue weighted by atomic mass is 35.5. The van der Waals surface area contributed by atoms with E-state index in [1.807, 2.05) is 13.8 Å². The predicted octanol–water partition coefficient (Wildman–Crippen LogP) is 3.45. The third-order valence-corrected chi connectivity index (χ3v) is 5.24. The fourth-order valence-electron chi connectivity index (χ4n) is 2.76. The molecule has 10 heteroatoms. The smallest absolute Gasteiger partial charge is 0.224 e. The summed E-state index contributed by atoms with van der Waals surface area (Å²) >= 11 is 17.3. The maximum Gasteiger partial charge on any atom is 0.224 e. The highest BCUT2D eigenvalue weighted by molar-refractivity contribution is 7.71. The molecule has 1 amide bonds. The number of hydrogen-bond acceptors (Lipinski definition) is 4. The molecule has 0 spiro atoms. The zero-order valence-electron chi connectivity index (χ0n) is 15.0. The van der Waals surface area contributed by atoms with Crippen LogP contribution in [-0.2, 0) is 24.8 Å². The highest BCUT2D eigenvalue weighted by Gasteiger charge is 2.17. The number of halogens is 2. The number of amides is 1. The van der Waals surface area contributed by atoms with Crippen LogP contribution in [0.1, 0.15) is 22.8 Å². The Bertz CT molecular complexity index is 1070. The number of benzene rings is 1. The lowest BCUT2D eigenvalue weighted by Crippen LogP contribution is -2.26. The van der Waals surface area contributed by atoms with Crippen LogP contribution in [0.5, 0.6) is 0 Å². The van der Waals surface area contributed by atoms with Gasteiger partial charge in [0.05, 0.1) is 29.4 Å². The quantitative estimate of drug-likeness (QED) is 0.614. The molecule has 0 aliphatic rings. The van der Waals surface area contributed by atoms with E-state index >= 15 is 0 Å². The van der Waals surface area contributed by atoms with Gasteiger partial charge in [-0.3, -0.25) is 9.89 Å². The van der Waals surface area contributed by atoms with E-state index in [0.717, 1.165) is 22.6 Å². The molecule has 0 fully saturated rings. The molecule has 0 radical (unpaired) electrons. The van der Waals surface area contributed by atoms with Crippen molar-refractivity contribution in [1.82, 2.24) is 29.9 Å². The molecule has 3 rings (SSSR count). The molecule has 3 aromatic rings. The van der Waals surface area contributed by atoms with E-state index in [4.69, 9.17) is 35.4 Å². The number of carbonyl (C=O) groups excluding carboxylic acids is 1. The van der Waals surface area contributed by atoms with Crippen LogP contribution in [0.2, 0.25) is 10.0 Å². The molecule has 27 heavy (non-hydrogen) atoms. The van der Waals surface area contributed by atoms with E-state index in [-0.39, 0.29) is 18.9 Å². The Labute approximate surface area is 171 Å². The molecule has 2 aromatic heterocycles. The number of nitrogens with one attached hydrogen (secondary N) is 2. The third kappa shape index (κ3) is 4.07. The molecule has 2 N–H and O–H groups in total. The first-order chi connectivity index (χ1) is 12.8. The van der Waals surface area contributed by atoms with Gasteiger partial charge in [-0.2, -0.15) is 10.2 Å². The molecule has 0 saturated heterocycles. The van der Waals surface area contributed by atoms with Crippen LogP contribution in [0, 0.1) is 18.6 Å². The SMILES string of the molecule is Cc1nn(-c2ccc(Cl)cc2Cl)c(C)c1CC(=O)NCc1n[nH]c(=S)n1C. The molecule has 1 aromatic carbocycles. The third-order valence-electron chi connectivity index (χ3n) is 4.33. The van der Waals surface area contributed by atoms with Gasteiger partial charge in [-0.25, -0.2) is 4.68 Å². The zero-order chi connectivity index (χ0) is 19.7. The number of aryl methyl sites for hydroxylation is 1. The predicted molar refractivity (Wildman–Crippen MR) is 107 cm³/mol. The van der Waals surface area contributed by atoms with Crippen LogP contribution in [0.15, 0.2) is 18.2 Å². The van der Waals surface area contributed by atoms with Gasteiger partial charge in [0.1, 0.15) is 0 Å². The van der Waals surface area contributed by atoms with E-state index in [0.29, 0.717) is 20.6 Å². The minimum atomic E-state index is -0.128. The second kappa shape index (κ2) is 7.84. The fraction of sp³-hybridized carbons (Fsp3) is 0.294. The van der Waals surface area contributed by atoms with Crippen LogP contribution < -0.4 is 5.32 Å². The molecule has 0 atom stereocenters. The van der Waals surface area contributed by atoms with Gasteiger partial charge in [-0.05, 0) is 44.3 Å². The van der Waals surface area contributed by atoms with Crippen molar-refractivity contribution in [3.8, 4) is 5.69 Å². The Morgan fingerprint density at radius 1 is 1.33 bits per heavy atom. The highest BCUT2D eigenvalue weighted by Crippen LogP contribution is 2.27. The van der Waals surface area contributed by atoms with Crippen LogP contribution in [0.3, 0.4) is 0 Å². The van der Waals surface area contributed by atoms with Gasteiger partial charge >= 0.3 is 0 Å². The largest absolute Gasteiger partial charge is 0.349 e. The van der Waals surface area contributed by atoms with Crippen molar-refractivity contribution in [2.75, 3.05) is 0 Å². The Kier molecular flexibility index (Phi) is 5.69. The average Bonchev–Trinajstić information content (AvgIpc) is 3.07. The van der Waals surface area contributed by atoms with Gasteiger partial charge in [0.25, 0.3) is 0 Å². The van der Waals surface area contributed by atoms with E-state index < -0.39 is 0 Å². The number of H-pyrrole nitrogens is 1. The summed E-state index contributed by atoms with van der Waals surface area (Å²) in [5.41, 5.74) is 3.20. The van der Waals surface area contributed by atoms with Gasteiger partial charge in [0, 0.05) is 23.3 Å². The Morgan fingerprint density at radius 2 is 2.07 bits per heavy atom. The second-order valence-electron chi connectivity index (χ2n) is 6.11. The summed E-state index contributed by atoms with van der Waals surface area (Å²) in [5, 5.41) is 15.2. The summed E-state index contributed by atoms with van der Waals surface area (Å²) in [6.45, 7) is 4.07. The summed E-state index contributed by atoms with van der Waals surface area (Å²) in [6, 6.07) is 5.22. The summed E-state index contributed by atoms with van der Waals surface area (Å²) in [7, 11) is 1.79. The van der Waals surface area contributed by atoms with Crippen LogP contribution >= 0.6 is 35.4 Å². The van der Waals surface area contributed by atoms with Gasteiger partial charge in [-0.1, -0.05) is 23.2 Å². The van der Waals surface area contributed by atoms with E-state index in [1.165, 1.54) is 0 Å². The summed E-state index contributed by atoms with van der Waals surface area (Å²) in [6.07, 6.45) is 0.206. The summed E-state index contributed by atoms with van der Waals surface area (Å²) in [5.74, 6) is 0.530. The van der Waals surface area contributed by atoms with Crippen LogP contribution in [-0.4, -0.2) is 30.5 Å². The van der Waals surface area contributed by atoms with E-state index in [1.54, 1.807) is 34.5 Å². The lowest BCUT2D eigenvalue weighted by Gasteiger charge is -2.08. The first-order valence-corrected chi connectivity index (χ1v) is 9.32. The number of carbonyl (C=O) groups is 1. The molecule has 2 heterocycles. The monoisotopic (exact) mass is 424 g/mol. The van der Waals surface area contributed by atoms with Crippen molar-refractivity contribution in [2.45, 2.75) is 26.8 Å². The Balaban J connectivity index is 1.77. The van der Waals surface area contributed by atoms with E-state index in [2.05, 4.69) is 20.6 Å². The minimum absolute atomic E-state index is 0.128. The normalized spacial score (nSPS) is 11.0. The van der Waals surface area contributed by atoms with Gasteiger partial charge < -0.3 is 9.88 Å². The number of aromatic nitrogens is 5. The first-order valence-electron chi connectivity index (χ1n) is 8.15. The van der Waals surface area contributed by atoms with Crippen molar-refractivity contribution in [2.24, 2.45) is 7.05 Å². The molecule has 142 valence electrons. The standard InChI is InChI=1S/C17H18Cl2N6OS/c1-9-12(7-16(26)20-8-15-21-22-17(27)24(15)3)10(2)25(23-9)14-5-4-11(18)6-13(14)19/h4-6H,7-8H2,1-3H3,(H,20,26)(H,22,27). The molecular formula is C17H18Cl2N6OS. The number of aromatic amines is 1. The van der Waals surface area contributed by atoms with Crippen molar-refractivity contribution in [1.29, 1.82) is 0 Å². The molecule has 0 bridgehead atoms. The van der Waals surface area contributed by atoms with E-state index in [9.17, 15) is 4.79 Å². The maximum absolute atomic E-state index is 12.4. The van der Waals surface area contributed by atoms with Gasteiger partial charge in [0.15, 0.2) is 10.6 Å². The van der Waals surface area contributed by atoms with Crippen LogP contribution in [0.4, 0.5) is 0 Å². The second-order valence-corrected chi connectivity index (χ2v) is 7.34. The molecule has 0 saturated carbocycles. The van der Waals surface area contributed by atoms with Crippen molar-refractivity contribution in [3.05, 3.63) is 55.8 Å². The lowest BCUT2D eigenvalue weighted by atomic mass is 10.1. The van der Waals surface area contributed by atoms with Crippen molar-refractivity contribution >= 4 is 41.3 Å². The first kappa shape index (κ1) is 19.6. The molecule has 7 nitrogen and oxygen atoms in total. The topological polar surface area (TPSA) is 80.5 Å². The minimum Gasteiger partial charge on any atom is -0.349 e. The molecular weight excluding hydrogens is 407 g/mol. The summed E-state index contributed by atoms with van der Waals surface area (Å²) in [4.78, 5) is 12.4. The molecule has 0 aliphatic carbocycles. The number of rotatable bonds is 5.